The van der Waals surface area contributed by atoms with Crippen LogP contribution in [0.15, 0.2) is 17.5 Å². The first-order valence-electron chi connectivity index (χ1n) is 8.47. The third-order valence-electron chi connectivity index (χ3n) is 4.74. The summed E-state index contributed by atoms with van der Waals surface area (Å²) in [5.41, 5.74) is 6.18. The van der Waals surface area contributed by atoms with E-state index in [1.807, 2.05) is 11.3 Å². The summed E-state index contributed by atoms with van der Waals surface area (Å²) in [5, 5.41) is 2.19. The van der Waals surface area contributed by atoms with Gasteiger partial charge in [0.05, 0.1) is 0 Å². The van der Waals surface area contributed by atoms with Crippen molar-refractivity contribution in [2.24, 2.45) is 17.1 Å². The Morgan fingerprint density at radius 2 is 2.10 bits per heavy atom. The Bertz CT molecular complexity index is 390. The lowest BCUT2D eigenvalue weighted by Crippen LogP contribution is -2.28. The third kappa shape index (κ3) is 5.72. The average Bonchev–Trinajstić information content (AvgIpc) is 3.13. The maximum absolute atomic E-state index is 5.80. The van der Waals surface area contributed by atoms with Crippen LogP contribution in [0.3, 0.4) is 0 Å². The number of nitrogens with zero attached hydrogens (tertiary/aromatic N) is 1. The monoisotopic (exact) mass is 308 g/mol. The van der Waals surface area contributed by atoms with E-state index >= 15 is 0 Å². The van der Waals surface area contributed by atoms with Crippen molar-refractivity contribution in [2.75, 3.05) is 13.1 Å². The van der Waals surface area contributed by atoms with Gasteiger partial charge in [0, 0.05) is 17.5 Å². The summed E-state index contributed by atoms with van der Waals surface area (Å²) in [6.07, 6.45) is 6.59. The van der Waals surface area contributed by atoms with Crippen LogP contribution in [0.2, 0.25) is 0 Å². The molecule has 0 aliphatic heterocycles. The summed E-state index contributed by atoms with van der Waals surface area (Å²) in [6.45, 7) is 10.3. The van der Waals surface area contributed by atoms with Crippen molar-refractivity contribution in [1.29, 1.82) is 0 Å². The number of thiophene rings is 1. The van der Waals surface area contributed by atoms with Crippen LogP contribution in [-0.2, 0) is 6.54 Å². The molecule has 1 atom stereocenters. The zero-order chi connectivity index (χ0) is 15.3. The van der Waals surface area contributed by atoms with Crippen molar-refractivity contribution in [3.05, 3.63) is 22.4 Å². The molecule has 1 aromatic rings. The Hall–Kier alpha value is -0.380. The largest absolute Gasteiger partial charge is 0.330 e. The molecule has 120 valence electrons. The van der Waals surface area contributed by atoms with Gasteiger partial charge in [-0.05, 0) is 68.0 Å². The Labute approximate surface area is 134 Å². The van der Waals surface area contributed by atoms with Crippen molar-refractivity contribution in [3.8, 4) is 0 Å². The maximum Gasteiger partial charge on any atom is 0.0330 e. The number of hydrogen-bond donors (Lipinski definition) is 1. The Balaban J connectivity index is 1.78. The summed E-state index contributed by atoms with van der Waals surface area (Å²) in [5.74, 6) is 0.755. The highest BCUT2D eigenvalue weighted by Crippen LogP contribution is 2.33. The fraction of sp³-hybridized carbons (Fsp3) is 0.778. The van der Waals surface area contributed by atoms with E-state index in [-0.39, 0.29) is 0 Å². The van der Waals surface area contributed by atoms with Crippen molar-refractivity contribution in [1.82, 2.24) is 4.90 Å². The SMILES string of the molecule is CC(C)(C)C(CCN)CCCN(Cc1cccs1)C1CC1. The van der Waals surface area contributed by atoms with Gasteiger partial charge in [-0.2, -0.15) is 0 Å². The van der Waals surface area contributed by atoms with E-state index in [2.05, 4.69) is 43.2 Å². The van der Waals surface area contributed by atoms with E-state index in [4.69, 9.17) is 5.73 Å². The van der Waals surface area contributed by atoms with Crippen LogP contribution in [0, 0.1) is 11.3 Å². The molecular weight excluding hydrogens is 276 g/mol. The lowest BCUT2D eigenvalue weighted by atomic mass is 9.76. The van der Waals surface area contributed by atoms with Crippen LogP contribution < -0.4 is 5.73 Å². The van der Waals surface area contributed by atoms with E-state index in [1.54, 1.807) is 0 Å². The van der Waals surface area contributed by atoms with Gasteiger partial charge in [0.15, 0.2) is 0 Å². The van der Waals surface area contributed by atoms with Gasteiger partial charge in [-0.25, -0.2) is 0 Å². The predicted octanol–water partition coefficient (Wildman–Crippen LogP) is 4.50. The Morgan fingerprint density at radius 3 is 2.62 bits per heavy atom. The molecule has 0 aromatic carbocycles. The molecular formula is C18H32N2S. The molecule has 1 saturated carbocycles. The van der Waals surface area contributed by atoms with Crippen molar-refractivity contribution in [3.63, 3.8) is 0 Å². The normalized spacial score (nSPS) is 17.4. The van der Waals surface area contributed by atoms with Crippen LogP contribution >= 0.6 is 11.3 Å². The minimum atomic E-state index is 0.386. The lowest BCUT2D eigenvalue weighted by molar-refractivity contribution is 0.188. The van der Waals surface area contributed by atoms with E-state index in [1.165, 1.54) is 37.1 Å². The molecule has 1 fully saturated rings. The minimum absolute atomic E-state index is 0.386. The van der Waals surface area contributed by atoms with Crippen LogP contribution in [0.1, 0.15) is 57.8 Å². The van der Waals surface area contributed by atoms with Gasteiger partial charge in [0.2, 0.25) is 0 Å². The first-order valence-corrected chi connectivity index (χ1v) is 9.35. The van der Waals surface area contributed by atoms with Crippen LogP contribution in [0.5, 0.6) is 0 Å². The summed E-state index contributed by atoms with van der Waals surface area (Å²) < 4.78 is 0. The van der Waals surface area contributed by atoms with Gasteiger partial charge in [-0.15, -0.1) is 11.3 Å². The number of rotatable bonds is 9. The highest BCUT2D eigenvalue weighted by Gasteiger charge is 2.29. The second kappa shape index (κ2) is 7.75. The average molecular weight is 309 g/mol. The van der Waals surface area contributed by atoms with E-state index in [0.717, 1.165) is 31.5 Å². The molecule has 21 heavy (non-hydrogen) atoms. The van der Waals surface area contributed by atoms with Gasteiger partial charge < -0.3 is 5.73 Å². The summed E-state index contributed by atoms with van der Waals surface area (Å²) in [4.78, 5) is 4.21. The second-order valence-electron chi connectivity index (χ2n) is 7.56. The van der Waals surface area contributed by atoms with Gasteiger partial charge >= 0.3 is 0 Å². The van der Waals surface area contributed by atoms with Gasteiger partial charge in [-0.1, -0.05) is 26.8 Å². The van der Waals surface area contributed by atoms with Crippen molar-refractivity contribution < 1.29 is 0 Å². The molecule has 3 heteroatoms. The molecule has 0 radical (unpaired) electrons. The highest BCUT2D eigenvalue weighted by molar-refractivity contribution is 7.09. The quantitative estimate of drug-likeness (QED) is 0.727. The molecule has 0 amide bonds. The first-order chi connectivity index (χ1) is 10.0. The summed E-state index contributed by atoms with van der Waals surface area (Å²) >= 11 is 1.89. The fourth-order valence-electron chi connectivity index (χ4n) is 3.19. The molecule has 2 N–H and O–H groups in total. The molecule has 1 aliphatic rings. The number of hydrogen-bond acceptors (Lipinski definition) is 3. The smallest absolute Gasteiger partial charge is 0.0330 e. The van der Waals surface area contributed by atoms with Crippen molar-refractivity contribution >= 4 is 11.3 Å². The molecule has 0 spiro atoms. The highest BCUT2D eigenvalue weighted by atomic mass is 32.1. The Kier molecular flexibility index (Phi) is 6.27. The zero-order valence-corrected chi connectivity index (χ0v) is 14.8. The molecule has 0 saturated heterocycles. The maximum atomic E-state index is 5.80. The van der Waals surface area contributed by atoms with Gasteiger partial charge in [0.1, 0.15) is 0 Å². The molecule has 1 aromatic heterocycles. The van der Waals surface area contributed by atoms with E-state index in [9.17, 15) is 0 Å². The summed E-state index contributed by atoms with van der Waals surface area (Å²) in [6, 6.07) is 5.30. The topological polar surface area (TPSA) is 29.3 Å². The summed E-state index contributed by atoms with van der Waals surface area (Å²) in [7, 11) is 0. The van der Waals surface area contributed by atoms with Crippen LogP contribution in [0.4, 0.5) is 0 Å². The fourth-order valence-corrected chi connectivity index (χ4v) is 3.91. The predicted molar refractivity (Wildman–Crippen MR) is 93.6 cm³/mol. The minimum Gasteiger partial charge on any atom is -0.330 e. The van der Waals surface area contributed by atoms with Gasteiger partial charge in [0.25, 0.3) is 0 Å². The molecule has 2 nitrogen and oxygen atoms in total. The van der Waals surface area contributed by atoms with E-state index in [0.29, 0.717) is 5.41 Å². The molecule has 1 heterocycles. The first kappa shape index (κ1) is 17.0. The molecule has 1 aliphatic carbocycles. The second-order valence-corrected chi connectivity index (χ2v) is 8.60. The van der Waals surface area contributed by atoms with Crippen molar-refractivity contribution in [2.45, 2.75) is 65.5 Å². The zero-order valence-electron chi connectivity index (χ0n) is 14.0. The molecule has 2 rings (SSSR count). The number of nitrogens with two attached hydrogens (primary N) is 1. The standard InChI is InChI=1S/C18H32N2S/c1-18(2,3)15(10-11-19)6-4-12-20(16-8-9-16)14-17-7-5-13-21-17/h5,7,13,15-16H,4,6,8-12,14,19H2,1-3H3. The van der Waals surface area contributed by atoms with E-state index < -0.39 is 0 Å². The third-order valence-corrected chi connectivity index (χ3v) is 5.60. The Morgan fingerprint density at radius 1 is 1.33 bits per heavy atom. The van der Waals surface area contributed by atoms with Crippen LogP contribution in [-0.4, -0.2) is 24.0 Å². The molecule has 1 unspecified atom stereocenters. The lowest BCUT2D eigenvalue weighted by Gasteiger charge is -2.31. The van der Waals surface area contributed by atoms with Crippen LogP contribution in [0.25, 0.3) is 0 Å². The van der Waals surface area contributed by atoms with Gasteiger partial charge in [-0.3, -0.25) is 4.90 Å². The molecule has 0 bridgehead atoms.